The van der Waals surface area contributed by atoms with Gasteiger partial charge in [-0.1, -0.05) is 41.7 Å². The lowest BCUT2D eigenvalue weighted by molar-refractivity contribution is -0.118. The Morgan fingerprint density at radius 3 is 2.58 bits per heavy atom. The Morgan fingerprint density at radius 2 is 1.93 bits per heavy atom. The van der Waals surface area contributed by atoms with Crippen molar-refractivity contribution in [3.05, 3.63) is 76.0 Å². The Labute approximate surface area is 237 Å². The third-order valence-corrected chi connectivity index (χ3v) is 10.2. The molecule has 0 aliphatic carbocycles. The zero-order chi connectivity index (χ0) is 28.5. The Kier molecular flexibility index (Phi) is 8.05. The summed E-state index contributed by atoms with van der Waals surface area (Å²) in [6.45, 7) is 2.30. The standard InChI is InChI=1S/C28H32FN5O4S2/c1-31(2)12-13-33(17-21-6-4-3-5-7-21)40(37,38)22-8-9-24-23(14-22)28(10-11-32(18-28)20-35)19-34(24)27(36)15-26-30-16-25(29)39-26/h3-9,14,16,20H,10-13,15,17-19H2,1-2H3. The van der Waals surface area contributed by atoms with Crippen LogP contribution < -0.4 is 4.90 Å². The summed E-state index contributed by atoms with van der Waals surface area (Å²) in [5, 5.41) is -0.0785. The smallest absolute Gasteiger partial charge is 0.243 e. The van der Waals surface area contributed by atoms with E-state index < -0.39 is 20.6 Å². The second-order valence-corrected chi connectivity index (χ2v) is 13.6. The maximum absolute atomic E-state index is 14.0. The van der Waals surface area contributed by atoms with Gasteiger partial charge in [-0.2, -0.15) is 8.70 Å². The van der Waals surface area contributed by atoms with E-state index in [1.54, 1.807) is 28.0 Å². The molecule has 1 fully saturated rings. The number of anilines is 1. The first-order valence-corrected chi connectivity index (χ1v) is 15.3. The summed E-state index contributed by atoms with van der Waals surface area (Å²) in [5.41, 5.74) is 1.66. The number of halogens is 1. The second kappa shape index (κ2) is 11.4. The van der Waals surface area contributed by atoms with Crippen LogP contribution in [0, 0.1) is 5.13 Å². The first kappa shape index (κ1) is 28.3. The summed E-state index contributed by atoms with van der Waals surface area (Å²) in [6, 6.07) is 14.4. The predicted molar refractivity (Wildman–Crippen MR) is 151 cm³/mol. The molecule has 2 aromatic carbocycles. The number of aromatic nitrogens is 1. The maximum Gasteiger partial charge on any atom is 0.243 e. The zero-order valence-electron chi connectivity index (χ0n) is 22.5. The van der Waals surface area contributed by atoms with E-state index >= 15 is 0 Å². The van der Waals surface area contributed by atoms with Gasteiger partial charge in [0, 0.05) is 50.4 Å². The van der Waals surface area contributed by atoms with E-state index in [1.165, 1.54) is 4.31 Å². The van der Waals surface area contributed by atoms with Gasteiger partial charge in [-0.3, -0.25) is 9.59 Å². The number of thiazole rings is 1. The minimum absolute atomic E-state index is 0.0586. The monoisotopic (exact) mass is 585 g/mol. The molecule has 1 saturated heterocycles. The van der Waals surface area contributed by atoms with Crippen LogP contribution in [0.5, 0.6) is 0 Å². The quantitative estimate of drug-likeness (QED) is 0.340. The summed E-state index contributed by atoms with van der Waals surface area (Å²) in [5.74, 6) is -0.246. The fraction of sp³-hybridized carbons (Fsp3) is 0.393. The molecule has 12 heteroatoms. The molecule has 2 aliphatic rings. The van der Waals surface area contributed by atoms with Crippen LogP contribution in [0.25, 0.3) is 0 Å². The van der Waals surface area contributed by atoms with Gasteiger partial charge in [0.15, 0.2) is 5.13 Å². The van der Waals surface area contributed by atoms with Gasteiger partial charge in [0.2, 0.25) is 22.3 Å². The number of nitrogens with zero attached hydrogens (tertiary/aromatic N) is 5. The summed E-state index contributed by atoms with van der Waals surface area (Å²) < 4.78 is 43.1. The van der Waals surface area contributed by atoms with E-state index in [2.05, 4.69) is 4.98 Å². The first-order chi connectivity index (χ1) is 19.1. The van der Waals surface area contributed by atoms with Gasteiger partial charge < -0.3 is 14.7 Å². The number of fused-ring (bicyclic) bond motifs is 2. The van der Waals surface area contributed by atoms with Crippen molar-refractivity contribution in [2.24, 2.45) is 0 Å². The van der Waals surface area contributed by atoms with Crippen molar-refractivity contribution in [3.8, 4) is 0 Å². The number of likely N-dealkylation sites (tertiary alicyclic amines) is 1. The first-order valence-electron chi connectivity index (χ1n) is 13.0. The molecule has 3 heterocycles. The highest BCUT2D eigenvalue weighted by atomic mass is 32.2. The van der Waals surface area contributed by atoms with Crippen LogP contribution in [0.15, 0.2) is 59.6 Å². The lowest BCUT2D eigenvalue weighted by atomic mass is 9.81. The van der Waals surface area contributed by atoms with Gasteiger partial charge in [0.1, 0.15) is 5.01 Å². The molecule has 3 aromatic rings. The second-order valence-electron chi connectivity index (χ2n) is 10.6. The highest BCUT2D eigenvalue weighted by Gasteiger charge is 2.49. The van der Waals surface area contributed by atoms with E-state index in [0.717, 1.165) is 35.1 Å². The molecular formula is C28H32FN5O4S2. The third kappa shape index (κ3) is 5.67. The van der Waals surface area contributed by atoms with Gasteiger partial charge in [0.05, 0.1) is 17.5 Å². The van der Waals surface area contributed by atoms with Crippen LogP contribution in [0.1, 0.15) is 22.6 Å². The van der Waals surface area contributed by atoms with Crippen molar-refractivity contribution in [1.29, 1.82) is 0 Å². The molecule has 1 unspecified atom stereocenters. The fourth-order valence-corrected chi connectivity index (χ4v) is 7.58. The van der Waals surface area contributed by atoms with E-state index in [-0.39, 0.29) is 23.8 Å². The van der Waals surface area contributed by atoms with Crippen LogP contribution in [0.2, 0.25) is 0 Å². The lowest BCUT2D eigenvalue weighted by Crippen LogP contribution is -2.39. The maximum atomic E-state index is 14.0. The van der Waals surface area contributed by atoms with E-state index in [9.17, 15) is 22.4 Å². The average molecular weight is 586 g/mol. The highest BCUT2D eigenvalue weighted by molar-refractivity contribution is 7.89. The Morgan fingerprint density at radius 1 is 1.15 bits per heavy atom. The number of benzene rings is 2. The van der Waals surface area contributed by atoms with Crippen LogP contribution in [0.3, 0.4) is 0 Å². The Hall–Kier alpha value is -3.19. The number of likely N-dealkylation sites (N-methyl/N-ethyl adjacent to an activating group) is 1. The minimum Gasteiger partial charge on any atom is -0.344 e. The number of hydrogen-bond donors (Lipinski definition) is 0. The molecule has 2 amide bonds. The number of carbonyl (C=O) groups excluding carboxylic acids is 2. The topological polar surface area (TPSA) is 94.1 Å². The van der Waals surface area contributed by atoms with E-state index in [1.807, 2.05) is 49.3 Å². The van der Waals surface area contributed by atoms with Gasteiger partial charge in [-0.15, -0.1) is 0 Å². The third-order valence-electron chi connectivity index (χ3n) is 7.59. The van der Waals surface area contributed by atoms with Gasteiger partial charge in [-0.25, -0.2) is 13.4 Å². The largest absolute Gasteiger partial charge is 0.344 e. The van der Waals surface area contributed by atoms with Crippen molar-refractivity contribution in [2.75, 3.05) is 51.7 Å². The Balaban J connectivity index is 1.51. The molecule has 40 heavy (non-hydrogen) atoms. The van der Waals surface area contributed by atoms with Crippen LogP contribution in [-0.2, 0) is 38.0 Å². The molecule has 0 saturated carbocycles. The Bertz CT molecular complexity index is 1500. The van der Waals surface area contributed by atoms with Gasteiger partial charge >= 0.3 is 0 Å². The number of amides is 2. The van der Waals surface area contributed by atoms with Gasteiger partial charge in [0.25, 0.3) is 0 Å². The number of rotatable bonds is 10. The minimum atomic E-state index is -3.90. The van der Waals surface area contributed by atoms with Crippen molar-refractivity contribution >= 4 is 39.4 Å². The SMILES string of the molecule is CN(C)CCN(Cc1ccccc1)S(=O)(=O)c1ccc2c(c1)C1(CCN(C=O)C1)CN2C(=O)Cc1ncc(F)s1. The summed E-state index contributed by atoms with van der Waals surface area (Å²) >= 11 is 0.832. The summed E-state index contributed by atoms with van der Waals surface area (Å²) in [7, 11) is -0.0956. The number of hydrogen-bond acceptors (Lipinski definition) is 7. The zero-order valence-corrected chi connectivity index (χ0v) is 24.1. The summed E-state index contributed by atoms with van der Waals surface area (Å²) in [6.07, 6.45) is 2.43. The van der Waals surface area contributed by atoms with E-state index in [0.29, 0.717) is 49.8 Å². The van der Waals surface area contributed by atoms with Crippen molar-refractivity contribution in [1.82, 2.24) is 19.1 Å². The van der Waals surface area contributed by atoms with Crippen LogP contribution in [0.4, 0.5) is 10.1 Å². The van der Waals surface area contributed by atoms with Crippen LogP contribution in [-0.4, -0.2) is 86.6 Å². The molecule has 212 valence electrons. The van der Waals surface area contributed by atoms with Crippen molar-refractivity contribution in [3.63, 3.8) is 0 Å². The molecule has 1 atom stereocenters. The molecule has 2 aliphatic heterocycles. The molecule has 0 N–H and O–H groups in total. The molecule has 0 bridgehead atoms. The van der Waals surface area contributed by atoms with Crippen LogP contribution >= 0.6 is 11.3 Å². The molecule has 9 nitrogen and oxygen atoms in total. The molecule has 5 rings (SSSR count). The normalized spacial score (nSPS) is 18.7. The molecule has 1 aromatic heterocycles. The molecule has 1 spiro atoms. The number of carbonyl (C=O) groups is 2. The van der Waals surface area contributed by atoms with E-state index in [4.69, 9.17) is 0 Å². The van der Waals surface area contributed by atoms with Crippen molar-refractivity contribution in [2.45, 2.75) is 29.7 Å². The summed E-state index contributed by atoms with van der Waals surface area (Å²) in [4.78, 5) is 34.4. The average Bonchev–Trinajstić information content (AvgIpc) is 3.64. The van der Waals surface area contributed by atoms with Gasteiger partial charge in [-0.05, 0) is 49.8 Å². The fourth-order valence-electron chi connectivity index (χ4n) is 5.50. The van der Waals surface area contributed by atoms with Crippen molar-refractivity contribution < 1.29 is 22.4 Å². The number of sulfonamides is 1. The lowest BCUT2D eigenvalue weighted by Gasteiger charge is -2.26. The molecule has 0 radical (unpaired) electrons. The predicted octanol–water partition coefficient (Wildman–Crippen LogP) is 2.72. The highest BCUT2D eigenvalue weighted by Crippen LogP contribution is 2.47. The molecular weight excluding hydrogens is 553 g/mol.